The van der Waals surface area contributed by atoms with Crippen LogP contribution in [0.5, 0.6) is 0 Å². The van der Waals surface area contributed by atoms with Gasteiger partial charge in [0.15, 0.2) is 5.82 Å². The van der Waals surface area contributed by atoms with E-state index < -0.39 is 18.0 Å². The van der Waals surface area contributed by atoms with Gasteiger partial charge in [0.1, 0.15) is 6.04 Å². The van der Waals surface area contributed by atoms with Gasteiger partial charge in [-0.2, -0.15) is 4.98 Å². The van der Waals surface area contributed by atoms with E-state index >= 15 is 0 Å². The van der Waals surface area contributed by atoms with Crippen molar-refractivity contribution in [2.45, 2.75) is 25.9 Å². The van der Waals surface area contributed by atoms with Gasteiger partial charge in [-0.05, 0) is 6.42 Å². The number of aliphatic carboxylic acids is 1. The number of nitrogens with zero attached hydrogens (tertiary/aromatic N) is 2. The van der Waals surface area contributed by atoms with Crippen molar-refractivity contribution in [3.05, 3.63) is 12.2 Å². The number of hydrogen-bond donors (Lipinski definition) is 3. The summed E-state index contributed by atoms with van der Waals surface area (Å²) in [5.74, 6) is -0.754. The van der Waals surface area contributed by atoms with E-state index in [0.717, 1.165) is 6.39 Å². The number of carbonyl (C=O) groups excluding carboxylic acids is 1. The second kappa shape index (κ2) is 5.69. The Morgan fingerprint density at radius 1 is 1.62 bits per heavy atom. The zero-order valence-electron chi connectivity index (χ0n) is 8.64. The maximum Gasteiger partial charge on any atom is 0.326 e. The van der Waals surface area contributed by atoms with Crippen molar-refractivity contribution in [2.24, 2.45) is 0 Å². The Morgan fingerprint density at radius 2 is 2.38 bits per heavy atom. The van der Waals surface area contributed by atoms with Crippen LogP contribution in [-0.4, -0.2) is 33.3 Å². The molecule has 16 heavy (non-hydrogen) atoms. The summed E-state index contributed by atoms with van der Waals surface area (Å²) in [4.78, 5) is 25.5. The lowest BCUT2D eigenvalue weighted by atomic mass is 10.2. The van der Waals surface area contributed by atoms with Crippen molar-refractivity contribution in [2.75, 3.05) is 0 Å². The first-order chi connectivity index (χ1) is 7.63. The van der Waals surface area contributed by atoms with E-state index in [1.54, 1.807) is 6.92 Å². The molecular formula is C8H12N4O4. The van der Waals surface area contributed by atoms with Gasteiger partial charge in [-0.3, -0.25) is 0 Å². The van der Waals surface area contributed by atoms with E-state index in [9.17, 15) is 9.59 Å². The molecule has 0 fully saturated rings. The van der Waals surface area contributed by atoms with Crippen molar-refractivity contribution >= 4 is 12.0 Å². The van der Waals surface area contributed by atoms with Gasteiger partial charge in [0.05, 0.1) is 6.54 Å². The number of carboxylic acids is 1. The standard InChI is InChI=1S/C8H12N4O4/c1-2-5(7(13)14)11-8(15)9-3-6-10-4-16-12-6/h4-5H,2-3H2,1H3,(H,13,14)(H2,9,11,15)/t5-/m0/s1. The summed E-state index contributed by atoms with van der Waals surface area (Å²) in [5, 5.41) is 16.9. The van der Waals surface area contributed by atoms with Gasteiger partial charge in [0.25, 0.3) is 0 Å². The summed E-state index contributed by atoms with van der Waals surface area (Å²) >= 11 is 0. The highest BCUT2D eigenvalue weighted by Crippen LogP contribution is 1.91. The fraction of sp³-hybridized carbons (Fsp3) is 0.500. The summed E-state index contributed by atoms with van der Waals surface area (Å²) < 4.78 is 4.46. The first kappa shape index (κ1) is 12.0. The van der Waals surface area contributed by atoms with Crippen molar-refractivity contribution in [3.63, 3.8) is 0 Å². The van der Waals surface area contributed by atoms with Crippen LogP contribution in [0.3, 0.4) is 0 Å². The Bertz CT molecular complexity index is 351. The number of aromatic nitrogens is 2. The second-order valence-corrected chi connectivity index (χ2v) is 2.97. The lowest BCUT2D eigenvalue weighted by molar-refractivity contribution is -0.139. The van der Waals surface area contributed by atoms with E-state index in [0.29, 0.717) is 12.2 Å². The molecule has 0 saturated carbocycles. The van der Waals surface area contributed by atoms with Gasteiger partial charge < -0.3 is 20.3 Å². The SMILES string of the molecule is CC[C@H](NC(=O)NCc1ncon1)C(=O)O. The lowest BCUT2D eigenvalue weighted by Gasteiger charge is -2.12. The molecule has 0 spiro atoms. The molecule has 0 unspecified atom stereocenters. The van der Waals surface area contributed by atoms with Crippen LogP contribution >= 0.6 is 0 Å². The summed E-state index contributed by atoms with van der Waals surface area (Å²) in [6, 6.07) is -1.48. The quantitative estimate of drug-likeness (QED) is 0.638. The van der Waals surface area contributed by atoms with Crippen molar-refractivity contribution in [3.8, 4) is 0 Å². The van der Waals surface area contributed by atoms with Crippen molar-refractivity contribution in [1.82, 2.24) is 20.8 Å². The number of rotatable bonds is 5. The van der Waals surface area contributed by atoms with Crippen LogP contribution in [0.1, 0.15) is 19.2 Å². The van der Waals surface area contributed by atoms with Crippen molar-refractivity contribution in [1.29, 1.82) is 0 Å². The molecule has 1 aromatic rings. The Kier molecular flexibility index (Phi) is 4.25. The normalized spacial score (nSPS) is 11.8. The molecule has 1 aromatic heterocycles. The number of carbonyl (C=O) groups is 2. The van der Waals surface area contributed by atoms with Crippen LogP contribution in [-0.2, 0) is 11.3 Å². The number of nitrogens with one attached hydrogen (secondary N) is 2. The van der Waals surface area contributed by atoms with Crippen LogP contribution in [0.2, 0.25) is 0 Å². The van der Waals surface area contributed by atoms with Crippen LogP contribution in [0, 0.1) is 0 Å². The maximum atomic E-state index is 11.2. The molecule has 0 radical (unpaired) electrons. The van der Waals surface area contributed by atoms with Gasteiger partial charge >= 0.3 is 12.0 Å². The molecule has 0 bridgehead atoms. The summed E-state index contributed by atoms with van der Waals surface area (Å²) in [6.45, 7) is 1.75. The van der Waals surface area contributed by atoms with Crippen molar-refractivity contribution < 1.29 is 19.2 Å². The molecule has 8 nitrogen and oxygen atoms in total. The van der Waals surface area contributed by atoms with E-state index in [2.05, 4.69) is 25.3 Å². The molecule has 1 heterocycles. The molecule has 2 amide bonds. The monoisotopic (exact) mass is 228 g/mol. The third kappa shape index (κ3) is 3.56. The molecular weight excluding hydrogens is 216 g/mol. The van der Waals surface area contributed by atoms with E-state index in [4.69, 9.17) is 5.11 Å². The summed E-state index contributed by atoms with van der Waals surface area (Å²) in [5.41, 5.74) is 0. The lowest BCUT2D eigenvalue weighted by Crippen LogP contribution is -2.45. The highest BCUT2D eigenvalue weighted by Gasteiger charge is 2.17. The number of hydrogen-bond acceptors (Lipinski definition) is 5. The van der Waals surface area contributed by atoms with E-state index in [1.807, 2.05) is 0 Å². The van der Waals surface area contributed by atoms with Crippen LogP contribution in [0.25, 0.3) is 0 Å². The summed E-state index contributed by atoms with van der Waals surface area (Å²) in [6.07, 6.45) is 1.45. The van der Waals surface area contributed by atoms with Gasteiger partial charge in [-0.1, -0.05) is 12.1 Å². The smallest absolute Gasteiger partial charge is 0.326 e. The molecule has 0 aliphatic rings. The Labute approximate surface area is 91.0 Å². The molecule has 8 heteroatoms. The van der Waals surface area contributed by atoms with Gasteiger partial charge in [-0.15, -0.1) is 0 Å². The predicted octanol–water partition coefficient (Wildman–Crippen LogP) is -0.268. The van der Waals surface area contributed by atoms with E-state index in [1.165, 1.54) is 0 Å². The molecule has 88 valence electrons. The van der Waals surface area contributed by atoms with Gasteiger partial charge in [-0.25, -0.2) is 9.59 Å². The number of amides is 2. The minimum absolute atomic E-state index is 0.0817. The fourth-order valence-corrected chi connectivity index (χ4v) is 0.977. The minimum atomic E-state index is -1.07. The van der Waals surface area contributed by atoms with Gasteiger partial charge in [0, 0.05) is 0 Å². The first-order valence-electron chi connectivity index (χ1n) is 4.66. The zero-order chi connectivity index (χ0) is 12.0. The van der Waals surface area contributed by atoms with E-state index in [-0.39, 0.29) is 6.54 Å². The van der Waals surface area contributed by atoms with Crippen LogP contribution in [0.15, 0.2) is 10.9 Å². The molecule has 0 saturated heterocycles. The molecule has 0 aromatic carbocycles. The molecule has 0 aliphatic carbocycles. The Morgan fingerprint density at radius 3 is 2.88 bits per heavy atom. The largest absolute Gasteiger partial charge is 0.480 e. The highest BCUT2D eigenvalue weighted by molar-refractivity contribution is 5.82. The maximum absolute atomic E-state index is 11.2. The highest BCUT2D eigenvalue weighted by atomic mass is 16.5. The topological polar surface area (TPSA) is 117 Å². The average molecular weight is 228 g/mol. The number of urea groups is 1. The molecule has 0 aliphatic heterocycles. The van der Waals surface area contributed by atoms with Gasteiger partial charge in [0.2, 0.25) is 6.39 Å². The Balaban J connectivity index is 2.33. The fourth-order valence-electron chi connectivity index (χ4n) is 0.977. The molecule has 3 N–H and O–H groups in total. The molecule has 1 rings (SSSR count). The minimum Gasteiger partial charge on any atom is -0.480 e. The third-order valence-electron chi connectivity index (χ3n) is 1.83. The Hall–Kier alpha value is -2.12. The van der Waals surface area contributed by atoms with Crippen LogP contribution < -0.4 is 10.6 Å². The predicted molar refractivity (Wildman–Crippen MR) is 51.4 cm³/mol. The van der Waals surface area contributed by atoms with Crippen LogP contribution in [0.4, 0.5) is 4.79 Å². The summed E-state index contributed by atoms with van der Waals surface area (Å²) in [7, 11) is 0. The first-order valence-corrected chi connectivity index (χ1v) is 4.66. The second-order valence-electron chi connectivity index (χ2n) is 2.97. The average Bonchev–Trinajstić information content (AvgIpc) is 2.75. The number of carboxylic acid groups (broad SMARTS) is 1. The third-order valence-corrected chi connectivity index (χ3v) is 1.83. The molecule has 1 atom stereocenters. The zero-order valence-corrected chi connectivity index (χ0v) is 8.64.